The van der Waals surface area contributed by atoms with Gasteiger partial charge in [0.05, 0.1) is 29.4 Å². The summed E-state index contributed by atoms with van der Waals surface area (Å²) in [5, 5.41) is 3.04. The van der Waals surface area contributed by atoms with E-state index in [-0.39, 0.29) is 24.0 Å². The van der Waals surface area contributed by atoms with E-state index in [1.807, 2.05) is 0 Å². The maximum atomic E-state index is 13.0. The summed E-state index contributed by atoms with van der Waals surface area (Å²) < 4.78 is 43.8. The lowest BCUT2D eigenvalue weighted by Crippen LogP contribution is -2.48. The Bertz CT molecular complexity index is 1200. The Kier molecular flexibility index (Phi) is 6.67. The molecule has 34 heavy (non-hydrogen) atoms. The highest BCUT2D eigenvalue weighted by Gasteiger charge is 2.33. The third kappa shape index (κ3) is 5.11. The minimum atomic E-state index is -4.45. The molecule has 1 aliphatic heterocycles. The number of carbonyl (C=O) groups is 2. The number of likely N-dealkylation sites (tertiary alicyclic amines) is 1. The van der Waals surface area contributed by atoms with Crippen molar-refractivity contribution in [2.75, 3.05) is 18.5 Å². The fourth-order valence-corrected chi connectivity index (χ4v) is 3.92. The van der Waals surface area contributed by atoms with Gasteiger partial charge in [-0.2, -0.15) is 13.2 Å². The molecule has 1 saturated heterocycles. The highest BCUT2D eigenvalue weighted by Crippen LogP contribution is 2.31. The van der Waals surface area contributed by atoms with E-state index in [0.717, 1.165) is 25.0 Å². The summed E-state index contributed by atoms with van der Waals surface area (Å²) in [6.45, 7) is 2.49. The molecule has 10 heteroatoms. The van der Waals surface area contributed by atoms with Crippen molar-refractivity contribution in [3.63, 3.8) is 0 Å². The number of hydrogen-bond donors (Lipinski definition) is 1. The van der Waals surface area contributed by atoms with Gasteiger partial charge < -0.3 is 15.0 Å². The molecule has 1 unspecified atom stereocenters. The number of rotatable bonds is 5. The molecule has 1 amide bonds. The maximum Gasteiger partial charge on any atom is 0.416 e. The third-order valence-corrected chi connectivity index (χ3v) is 5.60. The Hall–Kier alpha value is -3.69. The maximum absolute atomic E-state index is 13.0. The number of ether oxygens (including phenoxy) is 1. The molecule has 0 spiro atoms. The zero-order valence-corrected chi connectivity index (χ0v) is 18.4. The van der Waals surface area contributed by atoms with Gasteiger partial charge in [0.2, 0.25) is 0 Å². The molecule has 7 nitrogen and oxygen atoms in total. The van der Waals surface area contributed by atoms with Crippen LogP contribution in [0.25, 0.3) is 11.0 Å². The Morgan fingerprint density at radius 3 is 2.59 bits per heavy atom. The Morgan fingerprint density at radius 2 is 1.88 bits per heavy atom. The van der Waals surface area contributed by atoms with E-state index in [2.05, 4.69) is 15.3 Å². The second-order valence-electron chi connectivity index (χ2n) is 7.92. The molecule has 3 aromatic rings. The average molecular weight is 472 g/mol. The molecule has 178 valence electrons. The summed E-state index contributed by atoms with van der Waals surface area (Å²) >= 11 is 0. The number of halogens is 3. The van der Waals surface area contributed by atoms with Crippen LogP contribution in [0.15, 0.2) is 48.7 Å². The minimum Gasteiger partial charge on any atom is -0.464 e. The molecule has 0 aliphatic carbocycles. The molecule has 1 fully saturated rings. The molecule has 0 radical (unpaired) electrons. The van der Waals surface area contributed by atoms with Crippen LogP contribution in [0.5, 0.6) is 0 Å². The van der Waals surface area contributed by atoms with Crippen molar-refractivity contribution < 1.29 is 27.5 Å². The average Bonchev–Trinajstić information content (AvgIpc) is 2.83. The van der Waals surface area contributed by atoms with Crippen molar-refractivity contribution in [2.24, 2.45) is 0 Å². The number of nitrogens with one attached hydrogen (secondary N) is 1. The van der Waals surface area contributed by atoms with Gasteiger partial charge in [-0.25, -0.2) is 9.78 Å². The number of carbonyl (C=O) groups excluding carboxylic acids is 2. The molecule has 2 aromatic carbocycles. The Labute approximate surface area is 193 Å². The van der Waals surface area contributed by atoms with Crippen LogP contribution in [0.3, 0.4) is 0 Å². The summed E-state index contributed by atoms with van der Waals surface area (Å²) in [5.74, 6) is -0.272. The number of aromatic nitrogens is 2. The van der Waals surface area contributed by atoms with Crippen LogP contribution in [0.2, 0.25) is 0 Å². The first kappa shape index (κ1) is 23.5. The lowest BCUT2D eigenvalue weighted by Gasteiger charge is -2.34. The summed E-state index contributed by atoms with van der Waals surface area (Å²) in [6, 6.07) is 9.28. The Morgan fingerprint density at radius 1 is 1.12 bits per heavy atom. The summed E-state index contributed by atoms with van der Waals surface area (Å²) in [6.07, 6.45) is -0.835. The number of hydrogen-bond acceptors (Lipinski definition) is 6. The molecule has 1 aromatic heterocycles. The van der Waals surface area contributed by atoms with Crippen LogP contribution < -0.4 is 5.32 Å². The number of esters is 1. The van der Waals surface area contributed by atoms with E-state index in [0.29, 0.717) is 35.6 Å². The van der Waals surface area contributed by atoms with Gasteiger partial charge in [0.25, 0.3) is 5.91 Å². The van der Waals surface area contributed by atoms with Crippen LogP contribution in [0, 0.1) is 0 Å². The highest BCUT2D eigenvalue weighted by atomic mass is 19.4. The van der Waals surface area contributed by atoms with E-state index < -0.39 is 17.8 Å². The molecular weight excluding hydrogens is 449 g/mol. The number of benzene rings is 2. The van der Waals surface area contributed by atoms with Crippen molar-refractivity contribution in [2.45, 2.75) is 38.4 Å². The lowest BCUT2D eigenvalue weighted by molar-refractivity contribution is -0.149. The highest BCUT2D eigenvalue weighted by molar-refractivity contribution is 5.97. The van der Waals surface area contributed by atoms with Crippen LogP contribution in [0.1, 0.15) is 42.1 Å². The van der Waals surface area contributed by atoms with Crippen LogP contribution in [0.4, 0.5) is 24.7 Å². The minimum absolute atomic E-state index is 0.138. The van der Waals surface area contributed by atoms with E-state index in [9.17, 15) is 22.8 Å². The smallest absolute Gasteiger partial charge is 0.416 e. The second-order valence-corrected chi connectivity index (χ2v) is 7.92. The monoisotopic (exact) mass is 472 g/mol. The SMILES string of the molecule is CCOC(=O)C1CCCCN1C(=O)c1ccc(Nc2cnc3cc(C(F)(F)F)ccc3n2)cc1. The predicted octanol–water partition coefficient (Wildman–Crippen LogP) is 4.95. The second kappa shape index (κ2) is 9.66. The van der Waals surface area contributed by atoms with Crippen LogP contribution in [-0.2, 0) is 15.7 Å². The molecule has 2 heterocycles. The zero-order chi connectivity index (χ0) is 24.3. The zero-order valence-electron chi connectivity index (χ0n) is 18.4. The van der Waals surface area contributed by atoms with E-state index in [4.69, 9.17) is 4.74 Å². The summed E-state index contributed by atoms with van der Waals surface area (Å²) in [5.41, 5.74) is 0.733. The van der Waals surface area contributed by atoms with Gasteiger partial charge in [-0.3, -0.25) is 9.78 Å². The fraction of sp³-hybridized carbons (Fsp3) is 0.333. The molecule has 4 rings (SSSR count). The lowest BCUT2D eigenvalue weighted by atomic mass is 10.0. The van der Waals surface area contributed by atoms with Gasteiger partial charge >= 0.3 is 12.1 Å². The third-order valence-electron chi connectivity index (χ3n) is 5.60. The summed E-state index contributed by atoms with van der Waals surface area (Å²) in [4.78, 5) is 35.2. The van der Waals surface area contributed by atoms with Gasteiger partial charge in [-0.15, -0.1) is 0 Å². The van der Waals surface area contributed by atoms with Crippen molar-refractivity contribution in [3.8, 4) is 0 Å². The van der Waals surface area contributed by atoms with Crippen LogP contribution in [-0.4, -0.2) is 45.9 Å². The van der Waals surface area contributed by atoms with E-state index in [1.165, 1.54) is 12.3 Å². The number of piperidine rings is 1. The van der Waals surface area contributed by atoms with Gasteiger partial charge in [0, 0.05) is 17.8 Å². The number of nitrogens with zero attached hydrogens (tertiary/aromatic N) is 3. The van der Waals surface area contributed by atoms with Crippen LogP contribution >= 0.6 is 0 Å². The van der Waals surface area contributed by atoms with E-state index in [1.54, 1.807) is 36.1 Å². The quantitative estimate of drug-likeness (QED) is 0.529. The first-order valence-corrected chi connectivity index (χ1v) is 10.9. The number of anilines is 2. The molecule has 0 saturated carbocycles. The first-order chi connectivity index (χ1) is 16.3. The van der Waals surface area contributed by atoms with Gasteiger partial charge in [0.15, 0.2) is 0 Å². The molecular formula is C24H23F3N4O3. The molecule has 1 atom stereocenters. The topological polar surface area (TPSA) is 84.4 Å². The normalized spacial score (nSPS) is 16.4. The number of amides is 1. The van der Waals surface area contributed by atoms with Gasteiger partial charge in [0.1, 0.15) is 11.9 Å². The molecule has 0 bridgehead atoms. The number of alkyl halides is 3. The molecule has 1 N–H and O–H groups in total. The van der Waals surface area contributed by atoms with Crippen molar-refractivity contribution in [1.82, 2.24) is 14.9 Å². The van der Waals surface area contributed by atoms with Crippen molar-refractivity contribution >= 4 is 34.4 Å². The number of fused-ring (bicyclic) bond motifs is 1. The Balaban J connectivity index is 1.47. The first-order valence-electron chi connectivity index (χ1n) is 10.9. The fourth-order valence-electron chi connectivity index (χ4n) is 3.92. The van der Waals surface area contributed by atoms with Gasteiger partial charge in [-0.1, -0.05) is 0 Å². The summed E-state index contributed by atoms with van der Waals surface area (Å²) in [7, 11) is 0. The largest absolute Gasteiger partial charge is 0.464 e. The van der Waals surface area contributed by atoms with Gasteiger partial charge in [-0.05, 0) is 68.7 Å². The predicted molar refractivity (Wildman–Crippen MR) is 120 cm³/mol. The van der Waals surface area contributed by atoms with Crippen molar-refractivity contribution in [3.05, 3.63) is 59.8 Å². The standard InChI is InChI=1S/C24H23F3N4O3/c1-2-34-23(33)20-5-3-4-12-31(20)22(32)15-6-9-17(10-7-15)29-21-14-28-19-13-16(24(25,26)27)8-11-18(19)30-21/h6-11,13-14,20H,2-5,12H2,1H3,(H,29,30). The van der Waals surface area contributed by atoms with Crippen molar-refractivity contribution in [1.29, 1.82) is 0 Å². The molecule has 1 aliphatic rings. The van der Waals surface area contributed by atoms with E-state index >= 15 is 0 Å².